The van der Waals surface area contributed by atoms with Gasteiger partial charge in [0.25, 0.3) is 5.91 Å². The van der Waals surface area contributed by atoms with Crippen LogP contribution in [0.25, 0.3) is 10.8 Å². The molecule has 1 atom stereocenters. The fourth-order valence-electron chi connectivity index (χ4n) is 2.69. The lowest BCUT2D eigenvalue weighted by Crippen LogP contribution is -2.27. The first kappa shape index (κ1) is 18.6. The molecule has 0 radical (unpaired) electrons. The second-order valence-corrected chi connectivity index (χ2v) is 8.40. The molecule has 26 heavy (non-hydrogen) atoms. The van der Waals surface area contributed by atoms with Gasteiger partial charge in [0.15, 0.2) is 0 Å². The molecule has 0 saturated heterocycles. The van der Waals surface area contributed by atoms with Crippen molar-refractivity contribution in [1.29, 1.82) is 0 Å². The molecule has 1 amide bonds. The Morgan fingerprint density at radius 3 is 2.42 bits per heavy atom. The van der Waals surface area contributed by atoms with Crippen LogP contribution in [0.15, 0.2) is 70.0 Å². The second kappa shape index (κ2) is 7.19. The lowest BCUT2D eigenvalue weighted by atomic mass is 10.0. The first-order chi connectivity index (χ1) is 12.3. The predicted molar refractivity (Wildman–Crippen MR) is 105 cm³/mol. The summed E-state index contributed by atoms with van der Waals surface area (Å²) >= 11 is 3.28. The van der Waals surface area contributed by atoms with Crippen LogP contribution in [-0.2, 0) is 10.0 Å². The first-order valence-electron chi connectivity index (χ1n) is 7.87. The Labute approximate surface area is 160 Å². The summed E-state index contributed by atoms with van der Waals surface area (Å²) < 4.78 is 23.5. The van der Waals surface area contributed by atoms with Crippen LogP contribution in [0.2, 0.25) is 0 Å². The zero-order valence-corrected chi connectivity index (χ0v) is 16.3. The van der Waals surface area contributed by atoms with Crippen molar-refractivity contribution in [2.75, 3.05) is 0 Å². The monoisotopic (exact) mass is 432 g/mol. The summed E-state index contributed by atoms with van der Waals surface area (Å²) in [5.74, 6) is -0.386. The van der Waals surface area contributed by atoms with Gasteiger partial charge in [-0.25, -0.2) is 13.6 Å². The number of halogens is 1. The molecule has 1 unspecified atom stereocenters. The van der Waals surface area contributed by atoms with E-state index in [4.69, 9.17) is 5.14 Å². The van der Waals surface area contributed by atoms with E-state index in [0.29, 0.717) is 4.47 Å². The Kier molecular flexibility index (Phi) is 5.13. The summed E-state index contributed by atoms with van der Waals surface area (Å²) in [5.41, 5.74) is 1.17. The van der Waals surface area contributed by atoms with E-state index in [0.717, 1.165) is 16.3 Å². The Morgan fingerprint density at radius 2 is 1.73 bits per heavy atom. The standard InChI is InChI=1S/C19H17BrN2O3S/c1-12(14-7-6-13-4-2-3-5-15(13)10-14)22-19(23)17-11-16(26(21,24)25)8-9-18(17)20/h2-12H,1H3,(H,22,23)(H2,21,24,25). The molecular formula is C19H17BrN2O3S. The van der Waals surface area contributed by atoms with Crippen molar-refractivity contribution in [3.8, 4) is 0 Å². The summed E-state index contributed by atoms with van der Waals surface area (Å²) in [5, 5.41) is 10.2. The molecule has 3 rings (SSSR count). The van der Waals surface area contributed by atoms with E-state index in [2.05, 4.69) is 21.2 Å². The molecule has 0 heterocycles. The number of amides is 1. The van der Waals surface area contributed by atoms with Gasteiger partial charge in [-0.05, 0) is 63.5 Å². The quantitative estimate of drug-likeness (QED) is 0.657. The third-order valence-electron chi connectivity index (χ3n) is 4.13. The topological polar surface area (TPSA) is 89.3 Å². The maximum atomic E-state index is 12.6. The SMILES string of the molecule is CC(NC(=O)c1cc(S(N)(=O)=O)ccc1Br)c1ccc2ccccc2c1. The van der Waals surface area contributed by atoms with Crippen LogP contribution in [0.5, 0.6) is 0 Å². The minimum atomic E-state index is -3.88. The van der Waals surface area contributed by atoms with Crippen LogP contribution in [0.1, 0.15) is 28.9 Å². The van der Waals surface area contributed by atoms with Crippen LogP contribution in [0.3, 0.4) is 0 Å². The van der Waals surface area contributed by atoms with Crippen molar-refractivity contribution >= 4 is 42.6 Å². The van der Waals surface area contributed by atoms with Crippen molar-refractivity contribution in [3.63, 3.8) is 0 Å². The number of hydrogen-bond acceptors (Lipinski definition) is 3. The zero-order valence-electron chi connectivity index (χ0n) is 13.9. The van der Waals surface area contributed by atoms with Gasteiger partial charge in [0.05, 0.1) is 16.5 Å². The van der Waals surface area contributed by atoms with Crippen LogP contribution >= 0.6 is 15.9 Å². The maximum absolute atomic E-state index is 12.6. The van der Waals surface area contributed by atoms with Crippen molar-refractivity contribution in [3.05, 3.63) is 76.3 Å². The van der Waals surface area contributed by atoms with Gasteiger partial charge in [-0.2, -0.15) is 0 Å². The average Bonchev–Trinajstić information content (AvgIpc) is 2.60. The van der Waals surface area contributed by atoms with Gasteiger partial charge in [-0.1, -0.05) is 36.4 Å². The molecule has 0 aliphatic carbocycles. The minimum absolute atomic E-state index is 0.107. The average molecular weight is 433 g/mol. The molecule has 0 saturated carbocycles. The second-order valence-electron chi connectivity index (χ2n) is 5.99. The molecule has 3 aromatic rings. The summed E-state index contributed by atoms with van der Waals surface area (Å²) in [7, 11) is -3.88. The van der Waals surface area contributed by atoms with Crippen LogP contribution in [0, 0.1) is 0 Å². The van der Waals surface area contributed by atoms with E-state index in [1.54, 1.807) is 0 Å². The lowest BCUT2D eigenvalue weighted by Gasteiger charge is -2.16. The highest BCUT2D eigenvalue weighted by molar-refractivity contribution is 9.10. The number of nitrogens with one attached hydrogen (secondary N) is 1. The minimum Gasteiger partial charge on any atom is -0.345 e. The van der Waals surface area contributed by atoms with Gasteiger partial charge in [0.2, 0.25) is 10.0 Å². The van der Waals surface area contributed by atoms with Gasteiger partial charge in [-0.15, -0.1) is 0 Å². The van der Waals surface area contributed by atoms with Crippen molar-refractivity contribution in [2.45, 2.75) is 17.9 Å². The van der Waals surface area contributed by atoms with Crippen molar-refractivity contribution < 1.29 is 13.2 Å². The van der Waals surface area contributed by atoms with Crippen molar-refractivity contribution in [1.82, 2.24) is 5.32 Å². The Morgan fingerprint density at radius 1 is 1.04 bits per heavy atom. The summed E-state index contributed by atoms with van der Waals surface area (Å²) in [6.07, 6.45) is 0. The number of carbonyl (C=O) groups excluding carboxylic acids is 1. The molecule has 0 aliphatic rings. The Bertz CT molecular complexity index is 1100. The maximum Gasteiger partial charge on any atom is 0.252 e. The number of fused-ring (bicyclic) bond motifs is 1. The fourth-order valence-corrected chi connectivity index (χ4v) is 3.66. The molecule has 7 heteroatoms. The molecule has 0 spiro atoms. The molecule has 0 bridgehead atoms. The number of primary sulfonamides is 1. The molecule has 3 N–H and O–H groups in total. The highest BCUT2D eigenvalue weighted by atomic mass is 79.9. The van der Waals surface area contributed by atoms with Crippen LogP contribution in [-0.4, -0.2) is 14.3 Å². The highest BCUT2D eigenvalue weighted by Gasteiger charge is 2.18. The van der Waals surface area contributed by atoms with E-state index in [1.165, 1.54) is 18.2 Å². The Balaban J connectivity index is 1.87. The van der Waals surface area contributed by atoms with Crippen LogP contribution < -0.4 is 10.5 Å². The van der Waals surface area contributed by atoms with E-state index < -0.39 is 10.0 Å². The molecular weight excluding hydrogens is 416 g/mol. The smallest absolute Gasteiger partial charge is 0.252 e. The number of benzene rings is 3. The number of sulfonamides is 1. The predicted octanol–water partition coefficient (Wildman–Crippen LogP) is 3.74. The van der Waals surface area contributed by atoms with E-state index in [-0.39, 0.29) is 22.4 Å². The summed E-state index contributed by atoms with van der Waals surface area (Å²) in [6.45, 7) is 1.87. The Hall–Kier alpha value is -2.22. The van der Waals surface area contributed by atoms with Gasteiger partial charge in [0, 0.05) is 4.47 Å². The summed E-state index contributed by atoms with van der Waals surface area (Å²) in [6, 6.07) is 17.8. The van der Waals surface area contributed by atoms with Crippen LogP contribution in [0.4, 0.5) is 0 Å². The van der Waals surface area contributed by atoms with E-state index in [1.807, 2.05) is 49.4 Å². The zero-order chi connectivity index (χ0) is 18.9. The largest absolute Gasteiger partial charge is 0.345 e. The third kappa shape index (κ3) is 3.95. The van der Waals surface area contributed by atoms with Gasteiger partial charge >= 0.3 is 0 Å². The number of nitrogens with two attached hydrogens (primary N) is 1. The van der Waals surface area contributed by atoms with E-state index in [9.17, 15) is 13.2 Å². The van der Waals surface area contributed by atoms with Crippen molar-refractivity contribution in [2.24, 2.45) is 5.14 Å². The van der Waals surface area contributed by atoms with E-state index >= 15 is 0 Å². The lowest BCUT2D eigenvalue weighted by molar-refractivity contribution is 0.0939. The molecule has 5 nitrogen and oxygen atoms in total. The van der Waals surface area contributed by atoms with Gasteiger partial charge in [-0.3, -0.25) is 4.79 Å². The van der Waals surface area contributed by atoms with Gasteiger partial charge in [0.1, 0.15) is 0 Å². The molecule has 134 valence electrons. The first-order valence-corrected chi connectivity index (χ1v) is 10.2. The fraction of sp³-hybridized carbons (Fsp3) is 0.105. The molecule has 0 aliphatic heterocycles. The molecule has 3 aromatic carbocycles. The molecule has 0 aromatic heterocycles. The number of rotatable bonds is 4. The third-order valence-corrected chi connectivity index (χ3v) is 5.73. The number of carbonyl (C=O) groups is 1. The number of hydrogen-bond donors (Lipinski definition) is 2. The normalized spacial score (nSPS) is 12.7. The summed E-state index contributed by atoms with van der Waals surface area (Å²) in [4.78, 5) is 12.5. The molecule has 0 fully saturated rings. The van der Waals surface area contributed by atoms with Gasteiger partial charge < -0.3 is 5.32 Å². The highest BCUT2D eigenvalue weighted by Crippen LogP contribution is 2.23.